The van der Waals surface area contributed by atoms with Gasteiger partial charge < -0.3 is 10.4 Å². The average molecular weight is 255 g/mol. The van der Waals surface area contributed by atoms with Crippen molar-refractivity contribution in [1.82, 2.24) is 5.32 Å². The van der Waals surface area contributed by atoms with Gasteiger partial charge in [0.25, 0.3) is 0 Å². The quantitative estimate of drug-likeness (QED) is 0.650. The Morgan fingerprint density at radius 3 is 2.67 bits per heavy atom. The molecular weight excluding hydrogens is 222 g/mol. The van der Waals surface area contributed by atoms with Gasteiger partial charge in [0, 0.05) is 12.6 Å². The summed E-state index contributed by atoms with van der Waals surface area (Å²) in [5, 5.41) is 12.7. The van der Waals surface area contributed by atoms with Gasteiger partial charge in [0.15, 0.2) is 0 Å². The molecule has 3 atom stereocenters. The summed E-state index contributed by atoms with van der Waals surface area (Å²) in [7, 11) is 0. The van der Waals surface area contributed by atoms with Gasteiger partial charge in [-0.1, -0.05) is 33.6 Å². The van der Waals surface area contributed by atoms with Crippen LogP contribution in [-0.4, -0.2) is 24.3 Å². The third-order valence-electron chi connectivity index (χ3n) is 4.21. The molecule has 1 aliphatic carbocycles. The van der Waals surface area contributed by atoms with E-state index >= 15 is 0 Å². The highest BCUT2D eigenvalue weighted by Gasteiger charge is 2.21. The van der Waals surface area contributed by atoms with Crippen LogP contribution in [0.4, 0.5) is 0 Å². The van der Waals surface area contributed by atoms with Crippen molar-refractivity contribution in [3.05, 3.63) is 0 Å². The number of hydrogen-bond acceptors (Lipinski definition) is 2. The summed E-state index contributed by atoms with van der Waals surface area (Å²) in [5.74, 6) is 2.26. The minimum Gasteiger partial charge on any atom is -0.396 e. The Morgan fingerprint density at radius 2 is 2.00 bits per heavy atom. The number of aliphatic hydroxyl groups excluding tert-OH is 1. The number of hydrogen-bond donors (Lipinski definition) is 2. The second-order valence-electron chi connectivity index (χ2n) is 6.74. The maximum atomic E-state index is 8.98. The summed E-state index contributed by atoms with van der Waals surface area (Å²) in [6.07, 6.45) is 9.34. The highest BCUT2D eigenvalue weighted by Crippen LogP contribution is 2.29. The van der Waals surface area contributed by atoms with E-state index in [1.54, 1.807) is 0 Å². The molecule has 1 fully saturated rings. The van der Waals surface area contributed by atoms with Crippen LogP contribution in [0.25, 0.3) is 0 Å². The van der Waals surface area contributed by atoms with E-state index in [4.69, 9.17) is 5.11 Å². The van der Waals surface area contributed by atoms with Crippen molar-refractivity contribution in [2.24, 2.45) is 17.8 Å². The normalized spacial score (nSPS) is 26.5. The lowest BCUT2D eigenvalue weighted by Gasteiger charge is -2.31. The Bertz CT molecular complexity index is 205. The molecular formula is C16H33NO. The van der Waals surface area contributed by atoms with Crippen LogP contribution >= 0.6 is 0 Å². The van der Waals surface area contributed by atoms with Gasteiger partial charge in [-0.2, -0.15) is 0 Å². The smallest absolute Gasteiger partial charge is 0.0456 e. The van der Waals surface area contributed by atoms with Gasteiger partial charge in [0.2, 0.25) is 0 Å². The summed E-state index contributed by atoms with van der Waals surface area (Å²) >= 11 is 0. The number of rotatable bonds is 8. The Balaban J connectivity index is 2.10. The molecule has 2 N–H and O–H groups in total. The minimum absolute atomic E-state index is 0.333. The minimum atomic E-state index is 0.333. The first-order chi connectivity index (χ1) is 8.61. The second-order valence-corrected chi connectivity index (χ2v) is 6.74. The highest BCUT2D eigenvalue weighted by atomic mass is 16.3. The Kier molecular flexibility index (Phi) is 7.92. The summed E-state index contributed by atoms with van der Waals surface area (Å²) in [4.78, 5) is 0. The van der Waals surface area contributed by atoms with Crippen molar-refractivity contribution in [2.45, 2.75) is 71.8 Å². The first kappa shape index (κ1) is 16.0. The molecule has 0 radical (unpaired) electrons. The van der Waals surface area contributed by atoms with Crippen LogP contribution in [0, 0.1) is 17.8 Å². The Labute approximate surface area is 114 Å². The van der Waals surface area contributed by atoms with Crippen LogP contribution in [0.5, 0.6) is 0 Å². The van der Waals surface area contributed by atoms with Crippen LogP contribution in [-0.2, 0) is 0 Å². The molecule has 0 bridgehead atoms. The SMILES string of the molecule is CC(C)CC1CCCC(NCCCC(C)CO)C1. The maximum Gasteiger partial charge on any atom is 0.0456 e. The van der Waals surface area contributed by atoms with E-state index in [1.807, 2.05) is 0 Å². The summed E-state index contributed by atoms with van der Waals surface area (Å²) in [6, 6.07) is 0.756. The fourth-order valence-electron chi connectivity index (χ4n) is 3.21. The topological polar surface area (TPSA) is 32.3 Å². The molecule has 108 valence electrons. The zero-order chi connectivity index (χ0) is 13.4. The molecule has 0 heterocycles. The van der Waals surface area contributed by atoms with Crippen LogP contribution in [0.2, 0.25) is 0 Å². The van der Waals surface area contributed by atoms with E-state index in [1.165, 1.54) is 38.5 Å². The van der Waals surface area contributed by atoms with Crippen LogP contribution in [0.1, 0.15) is 65.7 Å². The monoisotopic (exact) mass is 255 g/mol. The van der Waals surface area contributed by atoms with E-state index in [2.05, 4.69) is 26.1 Å². The summed E-state index contributed by atoms with van der Waals surface area (Å²) in [6.45, 7) is 8.27. The lowest BCUT2D eigenvalue weighted by Crippen LogP contribution is -2.35. The van der Waals surface area contributed by atoms with E-state index in [9.17, 15) is 0 Å². The highest BCUT2D eigenvalue weighted by molar-refractivity contribution is 4.78. The van der Waals surface area contributed by atoms with Gasteiger partial charge in [-0.05, 0) is 56.4 Å². The predicted molar refractivity (Wildman–Crippen MR) is 78.7 cm³/mol. The fraction of sp³-hybridized carbons (Fsp3) is 1.00. The molecule has 1 rings (SSSR count). The first-order valence-corrected chi connectivity index (χ1v) is 7.96. The van der Waals surface area contributed by atoms with Gasteiger partial charge >= 0.3 is 0 Å². The maximum absolute atomic E-state index is 8.98. The predicted octanol–water partition coefficient (Wildman–Crippen LogP) is 3.59. The molecule has 1 saturated carbocycles. The van der Waals surface area contributed by atoms with Gasteiger partial charge in [-0.15, -0.1) is 0 Å². The van der Waals surface area contributed by atoms with Gasteiger partial charge in [-0.3, -0.25) is 0 Å². The number of nitrogens with one attached hydrogen (secondary N) is 1. The molecule has 0 aromatic rings. The largest absolute Gasteiger partial charge is 0.396 e. The van der Waals surface area contributed by atoms with Crippen molar-refractivity contribution in [3.63, 3.8) is 0 Å². The number of aliphatic hydroxyl groups is 1. The Hall–Kier alpha value is -0.0800. The van der Waals surface area contributed by atoms with Crippen molar-refractivity contribution in [1.29, 1.82) is 0 Å². The molecule has 0 aliphatic heterocycles. The van der Waals surface area contributed by atoms with Crippen LogP contribution in [0.15, 0.2) is 0 Å². The molecule has 0 aromatic heterocycles. The third kappa shape index (κ3) is 6.75. The molecule has 3 unspecified atom stereocenters. The van der Waals surface area contributed by atoms with Gasteiger partial charge in [0.1, 0.15) is 0 Å². The van der Waals surface area contributed by atoms with E-state index in [0.29, 0.717) is 12.5 Å². The van der Waals surface area contributed by atoms with E-state index < -0.39 is 0 Å². The summed E-state index contributed by atoms with van der Waals surface area (Å²) in [5.41, 5.74) is 0. The lowest BCUT2D eigenvalue weighted by atomic mass is 9.81. The molecule has 0 amide bonds. The molecule has 2 heteroatoms. The van der Waals surface area contributed by atoms with Crippen LogP contribution < -0.4 is 5.32 Å². The molecule has 0 spiro atoms. The van der Waals surface area contributed by atoms with Crippen molar-refractivity contribution in [3.8, 4) is 0 Å². The molecule has 2 nitrogen and oxygen atoms in total. The van der Waals surface area contributed by atoms with Crippen molar-refractivity contribution in [2.75, 3.05) is 13.2 Å². The molecule has 0 saturated heterocycles. The zero-order valence-electron chi connectivity index (χ0n) is 12.6. The van der Waals surface area contributed by atoms with Gasteiger partial charge in [-0.25, -0.2) is 0 Å². The van der Waals surface area contributed by atoms with Gasteiger partial charge in [0.05, 0.1) is 0 Å². The van der Waals surface area contributed by atoms with E-state index in [0.717, 1.165) is 30.8 Å². The first-order valence-electron chi connectivity index (χ1n) is 7.96. The lowest BCUT2D eigenvalue weighted by molar-refractivity contribution is 0.224. The average Bonchev–Trinajstić information content (AvgIpc) is 2.34. The fourth-order valence-corrected chi connectivity index (χ4v) is 3.21. The molecule has 0 aromatic carbocycles. The molecule has 18 heavy (non-hydrogen) atoms. The van der Waals surface area contributed by atoms with Crippen LogP contribution in [0.3, 0.4) is 0 Å². The standard InChI is InChI=1S/C16H33NO/c1-13(2)10-15-7-4-8-16(11-15)17-9-5-6-14(3)12-18/h13-18H,4-12H2,1-3H3. The van der Waals surface area contributed by atoms with Crippen molar-refractivity contribution >= 4 is 0 Å². The summed E-state index contributed by atoms with van der Waals surface area (Å²) < 4.78 is 0. The zero-order valence-corrected chi connectivity index (χ0v) is 12.6. The van der Waals surface area contributed by atoms with E-state index in [-0.39, 0.29) is 0 Å². The third-order valence-corrected chi connectivity index (χ3v) is 4.21. The second kappa shape index (κ2) is 8.92. The molecule has 1 aliphatic rings. The van der Waals surface area contributed by atoms with Crippen molar-refractivity contribution < 1.29 is 5.11 Å². The Morgan fingerprint density at radius 1 is 1.22 bits per heavy atom.